The highest BCUT2D eigenvalue weighted by atomic mass is 16.3. The summed E-state index contributed by atoms with van der Waals surface area (Å²) < 4.78 is 0. The Hall–Kier alpha value is -1.55. The second-order valence-corrected chi connectivity index (χ2v) is 8.52. The van der Waals surface area contributed by atoms with Gasteiger partial charge in [-0.15, -0.1) is 0 Å². The molecule has 0 saturated carbocycles. The minimum absolute atomic E-state index is 0.0555. The number of amides is 1. The Bertz CT molecular complexity index is 643. The summed E-state index contributed by atoms with van der Waals surface area (Å²) in [6.07, 6.45) is 4.39. The van der Waals surface area contributed by atoms with Gasteiger partial charge in [0.25, 0.3) is 0 Å². The van der Waals surface area contributed by atoms with Crippen LogP contribution in [0.25, 0.3) is 0 Å². The zero-order valence-corrected chi connectivity index (χ0v) is 15.8. The van der Waals surface area contributed by atoms with Gasteiger partial charge in [-0.05, 0) is 67.3 Å². The number of likely N-dealkylation sites (tertiary alicyclic amines) is 1. The largest absolute Gasteiger partial charge is 0.508 e. The number of phenolic OH excluding ortho intramolecular Hbond substituents is 1. The van der Waals surface area contributed by atoms with E-state index >= 15 is 0 Å². The first-order chi connectivity index (χ1) is 11.8. The third-order valence-electron chi connectivity index (χ3n) is 6.47. The molecule has 25 heavy (non-hydrogen) atoms. The smallest absolute Gasteiger partial charge is 0.217 e. The number of rotatable bonds is 6. The summed E-state index contributed by atoms with van der Waals surface area (Å²) in [7, 11) is 0. The van der Waals surface area contributed by atoms with E-state index in [1.807, 2.05) is 12.1 Å². The molecule has 2 bridgehead atoms. The first kappa shape index (κ1) is 18.2. The Kier molecular flexibility index (Phi) is 5.10. The van der Waals surface area contributed by atoms with Gasteiger partial charge in [0.05, 0.1) is 0 Å². The number of benzene rings is 1. The van der Waals surface area contributed by atoms with E-state index in [1.165, 1.54) is 11.1 Å². The number of carbonyl (C=O) groups excluding carboxylic acids is 1. The zero-order valence-electron chi connectivity index (χ0n) is 15.8. The number of nitrogens with two attached hydrogens (primary N) is 1. The Balaban J connectivity index is 1.96. The highest BCUT2D eigenvalue weighted by Crippen LogP contribution is 2.52. The van der Waals surface area contributed by atoms with Crippen LogP contribution in [0.1, 0.15) is 57.6 Å². The highest BCUT2D eigenvalue weighted by molar-refractivity contribution is 5.73. The van der Waals surface area contributed by atoms with E-state index in [-0.39, 0.29) is 11.3 Å². The van der Waals surface area contributed by atoms with Gasteiger partial charge in [-0.1, -0.05) is 26.8 Å². The number of aromatic hydroxyl groups is 1. The number of phenols is 1. The van der Waals surface area contributed by atoms with Gasteiger partial charge < -0.3 is 10.8 Å². The summed E-state index contributed by atoms with van der Waals surface area (Å²) in [5.74, 6) is 1.31. The molecule has 1 amide bonds. The fraction of sp³-hybridized carbons (Fsp3) is 0.667. The van der Waals surface area contributed by atoms with Gasteiger partial charge in [0, 0.05) is 24.4 Å². The van der Waals surface area contributed by atoms with Crippen molar-refractivity contribution < 1.29 is 9.90 Å². The lowest BCUT2D eigenvalue weighted by atomic mass is 9.56. The van der Waals surface area contributed by atoms with Crippen molar-refractivity contribution in [1.82, 2.24) is 4.90 Å². The predicted molar refractivity (Wildman–Crippen MR) is 101 cm³/mol. The predicted octanol–water partition coefficient (Wildman–Crippen LogP) is 3.21. The monoisotopic (exact) mass is 344 g/mol. The van der Waals surface area contributed by atoms with Gasteiger partial charge >= 0.3 is 0 Å². The first-order valence-corrected chi connectivity index (χ1v) is 9.68. The van der Waals surface area contributed by atoms with E-state index in [4.69, 9.17) is 5.73 Å². The van der Waals surface area contributed by atoms with Crippen LogP contribution in [-0.4, -0.2) is 35.0 Å². The molecule has 3 N–H and O–H groups in total. The maximum Gasteiger partial charge on any atom is 0.217 e. The van der Waals surface area contributed by atoms with Crippen molar-refractivity contribution in [3.05, 3.63) is 29.3 Å². The standard InChI is InChI=1S/C21H32N2O2/c1-14(2)13-23-10-9-21(8-4-5-20(22)25)15(3)19(23)11-16-6-7-17(24)12-18(16)21/h6-7,12,14-15,19,24H,4-5,8-11,13H2,1-3H3,(H2,22,25). The molecule has 0 spiro atoms. The van der Waals surface area contributed by atoms with E-state index in [1.54, 1.807) is 0 Å². The van der Waals surface area contributed by atoms with E-state index in [9.17, 15) is 9.90 Å². The van der Waals surface area contributed by atoms with Crippen molar-refractivity contribution >= 4 is 5.91 Å². The number of hydrogen-bond donors (Lipinski definition) is 2. The van der Waals surface area contributed by atoms with Crippen molar-refractivity contribution in [3.63, 3.8) is 0 Å². The summed E-state index contributed by atoms with van der Waals surface area (Å²) in [6.45, 7) is 9.18. The van der Waals surface area contributed by atoms with Gasteiger partial charge in [-0.2, -0.15) is 0 Å². The first-order valence-electron chi connectivity index (χ1n) is 9.68. The van der Waals surface area contributed by atoms with Gasteiger partial charge in [0.2, 0.25) is 5.91 Å². The topological polar surface area (TPSA) is 66.6 Å². The summed E-state index contributed by atoms with van der Waals surface area (Å²) >= 11 is 0. The molecule has 4 heteroatoms. The summed E-state index contributed by atoms with van der Waals surface area (Å²) in [6, 6.07) is 6.44. The van der Waals surface area contributed by atoms with Crippen LogP contribution in [0.3, 0.4) is 0 Å². The van der Waals surface area contributed by atoms with Crippen LogP contribution in [0, 0.1) is 11.8 Å². The Morgan fingerprint density at radius 3 is 2.88 bits per heavy atom. The number of nitrogens with zero attached hydrogens (tertiary/aromatic N) is 1. The Morgan fingerprint density at radius 2 is 2.20 bits per heavy atom. The average molecular weight is 344 g/mol. The molecule has 1 aliphatic heterocycles. The molecule has 3 rings (SSSR count). The Labute approximate surface area is 151 Å². The van der Waals surface area contributed by atoms with Crippen LogP contribution in [0.5, 0.6) is 5.75 Å². The van der Waals surface area contributed by atoms with E-state index in [0.717, 1.165) is 38.8 Å². The second kappa shape index (κ2) is 6.99. The molecule has 1 aliphatic carbocycles. The number of hydrogen-bond acceptors (Lipinski definition) is 3. The summed E-state index contributed by atoms with van der Waals surface area (Å²) in [5.41, 5.74) is 8.11. The quantitative estimate of drug-likeness (QED) is 0.833. The molecule has 3 atom stereocenters. The zero-order chi connectivity index (χ0) is 18.2. The van der Waals surface area contributed by atoms with Crippen molar-refractivity contribution in [3.8, 4) is 5.75 Å². The average Bonchev–Trinajstić information content (AvgIpc) is 2.52. The number of piperidine rings is 1. The SMILES string of the molecule is CC(C)CN1CCC2(CCCC(N)=O)c3cc(O)ccc3CC1C2C. The highest BCUT2D eigenvalue weighted by Gasteiger charge is 2.50. The number of primary amides is 1. The van der Waals surface area contributed by atoms with Crippen LogP contribution < -0.4 is 5.73 Å². The van der Waals surface area contributed by atoms with Gasteiger partial charge in [0.1, 0.15) is 5.75 Å². The number of carbonyl (C=O) groups is 1. The second-order valence-electron chi connectivity index (χ2n) is 8.52. The maximum absolute atomic E-state index is 11.2. The van der Waals surface area contributed by atoms with E-state index in [0.29, 0.717) is 30.0 Å². The molecule has 1 fully saturated rings. The molecule has 0 radical (unpaired) electrons. The lowest BCUT2D eigenvalue weighted by molar-refractivity contribution is -0.118. The molecule has 1 aromatic carbocycles. The van der Waals surface area contributed by atoms with Gasteiger partial charge in [0.15, 0.2) is 0 Å². The fourth-order valence-corrected chi connectivity index (χ4v) is 5.30. The summed E-state index contributed by atoms with van der Waals surface area (Å²) in [4.78, 5) is 13.9. The maximum atomic E-state index is 11.2. The van der Waals surface area contributed by atoms with Gasteiger partial charge in [-0.25, -0.2) is 0 Å². The fourth-order valence-electron chi connectivity index (χ4n) is 5.30. The normalized spacial score (nSPS) is 28.8. The van der Waals surface area contributed by atoms with Gasteiger partial charge in [-0.3, -0.25) is 9.69 Å². The third kappa shape index (κ3) is 3.41. The van der Waals surface area contributed by atoms with Crippen LogP contribution in [-0.2, 0) is 16.6 Å². The van der Waals surface area contributed by atoms with Crippen molar-refractivity contribution in [2.75, 3.05) is 13.1 Å². The molecule has 1 heterocycles. The molecule has 2 aliphatic rings. The van der Waals surface area contributed by atoms with Crippen LogP contribution in [0.2, 0.25) is 0 Å². The lowest BCUT2D eigenvalue weighted by Gasteiger charge is -2.56. The van der Waals surface area contributed by atoms with Crippen molar-refractivity contribution in [1.29, 1.82) is 0 Å². The molecule has 138 valence electrons. The van der Waals surface area contributed by atoms with E-state index < -0.39 is 0 Å². The molecule has 0 aromatic heterocycles. The molecule has 1 aromatic rings. The van der Waals surface area contributed by atoms with E-state index in [2.05, 4.69) is 31.7 Å². The third-order valence-corrected chi connectivity index (χ3v) is 6.47. The van der Waals surface area contributed by atoms with Crippen molar-refractivity contribution in [2.24, 2.45) is 17.6 Å². The van der Waals surface area contributed by atoms with Crippen LogP contribution in [0.4, 0.5) is 0 Å². The molecule has 1 saturated heterocycles. The molecular formula is C21H32N2O2. The molecule has 3 unspecified atom stereocenters. The minimum Gasteiger partial charge on any atom is -0.508 e. The lowest BCUT2D eigenvalue weighted by Crippen LogP contribution is -2.59. The number of fused-ring (bicyclic) bond motifs is 4. The van der Waals surface area contributed by atoms with Crippen LogP contribution >= 0.6 is 0 Å². The molecular weight excluding hydrogens is 312 g/mol. The Morgan fingerprint density at radius 1 is 1.44 bits per heavy atom. The summed E-state index contributed by atoms with van der Waals surface area (Å²) in [5, 5.41) is 10.1. The van der Waals surface area contributed by atoms with Crippen molar-refractivity contribution in [2.45, 2.75) is 64.3 Å². The van der Waals surface area contributed by atoms with Crippen LogP contribution in [0.15, 0.2) is 18.2 Å². The molecule has 4 nitrogen and oxygen atoms in total. The minimum atomic E-state index is -0.218.